The normalized spacial score (nSPS) is 19.2. The smallest absolute Gasteiger partial charge is 0.224 e. The Bertz CT molecular complexity index is 632. The van der Waals surface area contributed by atoms with E-state index < -0.39 is 0 Å². The fourth-order valence-electron chi connectivity index (χ4n) is 2.80. The number of nitrogen functional groups attached to an aromatic ring is 2. The monoisotopic (exact) mass is 290 g/mol. The number of hydrogen-bond acceptors (Lipinski definition) is 6. The summed E-state index contributed by atoms with van der Waals surface area (Å²) < 4.78 is 7.98. The van der Waals surface area contributed by atoms with Gasteiger partial charge in [0, 0.05) is 13.0 Å². The molecule has 1 unspecified atom stereocenters. The summed E-state index contributed by atoms with van der Waals surface area (Å²) in [7, 11) is 0. The van der Waals surface area contributed by atoms with Crippen molar-refractivity contribution in [3.8, 4) is 0 Å². The fraction of sp³-hybridized carbons (Fsp3) is 0.643. The van der Waals surface area contributed by atoms with Crippen LogP contribution in [0.25, 0.3) is 11.2 Å². The Morgan fingerprint density at radius 3 is 2.81 bits per heavy atom. The molecule has 1 fully saturated rings. The summed E-state index contributed by atoms with van der Waals surface area (Å²) in [6.45, 7) is 2.93. The summed E-state index contributed by atoms with van der Waals surface area (Å²) in [5.74, 6) is 1.48. The van der Waals surface area contributed by atoms with Crippen molar-refractivity contribution in [3.63, 3.8) is 0 Å². The first-order chi connectivity index (χ1) is 10.2. The number of ether oxygens (including phenoxy) is 1. The third-order valence-corrected chi connectivity index (χ3v) is 3.85. The first-order valence-electron chi connectivity index (χ1n) is 7.62. The highest BCUT2D eigenvalue weighted by Gasteiger charge is 2.24. The molecule has 21 heavy (non-hydrogen) atoms. The Balaban J connectivity index is 2.11. The largest absolute Gasteiger partial charge is 0.382 e. The molecule has 7 heteroatoms. The third kappa shape index (κ3) is 2.65. The van der Waals surface area contributed by atoms with Crippen molar-refractivity contribution in [1.29, 1.82) is 0 Å². The molecule has 2 aromatic rings. The predicted molar refractivity (Wildman–Crippen MR) is 81.6 cm³/mol. The quantitative estimate of drug-likeness (QED) is 0.892. The van der Waals surface area contributed by atoms with Crippen LogP contribution in [0.15, 0.2) is 0 Å². The summed E-state index contributed by atoms with van der Waals surface area (Å²) in [5.41, 5.74) is 13.0. The molecule has 0 spiro atoms. The van der Waals surface area contributed by atoms with E-state index in [1.807, 2.05) is 0 Å². The Morgan fingerprint density at radius 1 is 1.24 bits per heavy atom. The number of anilines is 2. The molecule has 1 aliphatic rings. The highest BCUT2D eigenvalue weighted by molar-refractivity contribution is 5.83. The molecule has 0 aliphatic carbocycles. The van der Waals surface area contributed by atoms with Crippen LogP contribution in [0.5, 0.6) is 0 Å². The number of imidazole rings is 1. The molecule has 0 aromatic carbocycles. The zero-order chi connectivity index (χ0) is 14.8. The number of hydrogen-bond donors (Lipinski definition) is 2. The lowest BCUT2D eigenvalue weighted by Crippen LogP contribution is -2.20. The Morgan fingerprint density at radius 2 is 2.10 bits per heavy atom. The Hall–Kier alpha value is -1.89. The van der Waals surface area contributed by atoms with Crippen molar-refractivity contribution in [2.24, 2.45) is 0 Å². The molecule has 0 amide bonds. The molecule has 3 rings (SSSR count). The van der Waals surface area contributed by atoms with Gasteiger partial charge in [0.25, 0.3) is 0 Å². The van der Waals surface area contributed by atoms with E-state index in [-0.39, 0.29) is 12.2 Å². The molecule has 2 aromatic heterocycles. The second-order valence-corrected chi connectivity index (χ2v) is 5.46. The molecule has 0 bridgehead atoms. The molecule has 7 nitrogen and oxygen atoms in total. The van der Waals surface area contributed by atoms with Crippen LogP contribution in [0.1, 0.15) is 51.1 Å². The summed E-state index contributed by atoms with van der Waals surface area (Å²) in [6, 6.07) is 0. The lowest BCUT2D eigenvalue weighted by Gasteiger charge is -2.25. The van der Waals surface area contributed by atoms with Gasteiger partial charge in [-0.15, -0.1) is 0 Å². The van der Waals surface area contributed by atoms with Crippen LogP contribution in [-0.4, -0.2) is 26.1 Å². The summed E-state index contributed by atoms with van der Waals surface area (Å²) in [4.78, 5) is 13.0. The lowest BCUT2D eigenvalue weighted by atomic mass is 10.2. The van der Waals surface area contributed by atoms with Gasteiger partial charge in [-0.1, -0.05) is 13.3 Å². The van der Waals surface area contributed by atoms with E-state index in [0.29, 0.717) is 17.0 Å². The van der Waals surface area contributed by atoms with E-state index >= 15 is 0 Å². The highest BCUT2D eigenvalue weighted by Crippen LogP contribution is 2.30. The van der Waals surface area contributed by atoms with Crippen molar-refractivity contribution in [2.75, 3.05) is 18.1 Å². The molecule has 0 saturated carbocycles. The minimum Gasteiger partial charge on any atom is -0.382 e. The van der Waals surface area contributed by atoms with E-state index in [0.717, 1.165) is 51.0 Å². The van der Waals surface area contributed by atoms with Crippen molar-refractivity contribution in [3.05, 3.63) is 5.82 Å². The summed E-state index contributed by atoms with van der Waals surface area (Å²) in [5, 5.41) is 0. The number of rotatable bonds is 4. The van der Waals surface area contributed by atoms with Crippen LogP contribution in [0.4, 0.5) is 11.8 Å². The fourth-order valence-corrected chi connectivity index (χ4v) is 2.80. The van der Waals surface area contributed by atoms with Gasteiger partial charge in [0.2, 0.25) is 5.95 Å². The van der Waals surface area contributed by atoms with Gasteiger partial charge in [0.05, 0.1) is 0 Å². The molecule has 114 valence electrons. The van der Waals surface area contributed by atoms with E-state index in [1.54, 1.807) is 0 Å². The van der Waals surface area contributed by atoms with E-state index in [1.165, 1.54) is 0 Å². The van der Waals surface area contributed by atoms with Crippen molar-refractivity contribution < 1.29 is 4.74 Å². The minimum absolute atomic E-state index is 0.0238. The van der Waals surface area contributed by atoms with Crippen LogP contribution < -0.4 is 11.5 Å². The maximum atomic E-state index is 5.95. The Kier molecular flexibility index (Phi) is 3.92. The van der Waals surface area contributed by atoms with Crippen molar-refractivity contribution in [1.82, 2.24) is 19.5 Å². The van der Waals surface area contributed by atoms with Gasteiger partial charge in [0.15, 0.2) is 17.0 Å². The zero-order valence-electron chi connectivity index (χ0n) is 12.4. The van der Waals surface area contributed by atoms with Gasteiger partial charge in [-0.2, -0.15) is 9.97 Å². The zero-order valence-corrected chi connectivity index (χ0v) is 12.4. The maximum absolute atomic E-state index is 5.95. The molecule has 1 saturated heterocycles. The van der Waals surface area contributed by atoms with Gasteiger partial charge in [-0.3, -0.25) is 4.57 Å². The number of aromatic nitrogens is 4. The van der Waals surface area contributed by atoms with Crippen LogP contribution in [0, 0.1) is 0 Å². The number of aryl methyl sites for hydroxylation is 1. The third-order valence-electron chi connectivity index (χ3n) is 3.85. The Labute approximate surface area is 123 Å². The molecule has 3 heterocycles. The topological polar surface area (TPSA) is 105 Å². The summed E-state index contributed by atoms with van der Waals surface area (Å²) >= 11 is 0. The van der Waals surface area contributed by atoms with E-state index in [2.05, 4.69) is 26.4 Å². The van der Waals surface area contributed by atoms with Gasteiger partial charge < -0.3 is 16.2 Å². The van der Waals surface area contributed by atoms with Gasteiger partial charge in [-0.25, -0.2) is 4.98 Å². The molecule has 1 aliphatic heterocycles. The van der Waals surface area contributed by atoms with Crippen LogP contribution in [-0.2, 0) is 11.2 Å². The minimum atomic E-state index is -0.0238. The SMILES string of the molecule is CCCCc1nc2c(N)nc(N)nc2n1C1CCCCO1. The predicted octanol–water partition coefficient (Wildman–Crippen LogP) is 2.03. The molecular weight excluding hydrogens is 268 g/mol. The second-order valence-electron chi connectivity index (χ2n) is 5.46. The molecule has 4 N–H and O–H groups in total. The highest BCUT2D eigenvalue weighted by atomic mass is 16.5. The number of unbranched alkanes of at least 4 members (excludes halogenated alkanes) is 1. The van der Waals surface area contributed by atoms with Crippen molar-refractivity contribution in [2.45, 2.75) is 51.7 Å². The molecular formula is C14H22N6O. The van der Waals surface area contributed by atoms with Gasteiger partial charge in [0.1, 0.15) is 12.1 Å². The summed E-state index contributed by atoms with van der Waals surface area (Å²) in [6.07, 6.45) is 6.25. The number of nitrogens with two attached hydrogens (primary N) is 2. The maximum Gasteiger partial charge on any atom is 0.224 e. The number of fused-ring (bicyclic) bond motifs is 1. The van der Waals surface area contributed by atoms with Crippen LogP contribution in [0.3, 0.4) is 0 Å². The van der Waals surface area contributed by atoms with Crippen LogP contribution in [0.2, 0.25) is 0 Å². The molecule has 1 atom stereocenters. The first kappa shape index (κ1) is 14.1. The van der Waals surface area contributed by atoms with E-state index in [4.69, 9.17) is 16.2 Å². The second kappa shape index (κ2) is 5.85. The van der Waals surface area contributed by atoms with Gasteiger partial charge in [-0.05, 0) is 25.7 Å². The lowest BCUT2D eigenvalue weighted by molar-refractivity contribution is -0.0313. The number of nitrogens with zero attached hydrogens (tertiary/aromatic N) is 4. The van der Waals surface area contributed by atoms with Crippen LogP contribution >= 0.6 is 0 Å². The van der Waals surface area contributed by atoms with Gasteiger partial charge >= 0.3 is 0 Å². The first-order valence-corrected chi connectivity index (χ1v) is 7.62. The average Bonchev–Trinajstić information content (AvgIpc) is 2.84. The molecule has 0 radical (unpaired) electrons. The van der Waals surface area contributed by atoms with E-state index in [9.17, 15) is 0 Å². The van der Waals surface area contributed by atoms with Crippen molar-refractivity contribution >= 4 is 22.9 Å². The standard InChI is InChI=1S/C14H22N6O/c1-2-3-6-9-17-11-12(15)18-14(16)19-13(11)20(9)10-7-4-5-8-21-10/h10H,2-8H2,1H3,(H4,15,16,18,19). The average molecular weight is 290 g/mol.